The number of alkyl halides is 3. The number of anilines is 2. The van der Waals surface area contributed by atoms with Crippen LogP contribution in [0.1, 0.15) is 16.0 Å². The third-order valence-corrected chi connectivity index (χ3v) is 5.77. The van der Waals surface area contributed by atoms with E-state index in [4.69, 9.17) is 0 Å². The number of aromatic nitrogens is 3. The lowest BCUT2D eigenvalue weighted by atomic mass is 10.1. The van der Waals surface area contributed by atoms with Crippen LogP contribution in [0.15, 0.2) is 60.2 Å². The van der Waals surface area contributed by atoms with Gasteiger partial charge in [-0.15, -0.1) is 21.5 Å². The molecule has 0 unspecified atom stereocenters. The van der Waals surface area contributed by atoms with Gasteiger partial charge < -0.3 is 5.32 Å². The molecule has 0 bridgehead atoms. The van der Waals surface area contributed by atoms with Gasteiger partial charge in [-0.3, -0.25) is 4.98 Å². The van der Waals surface area contributed by atoms with E-state index in [1.54, 1.807) is 23.7 Å². The lowest BCUT2D eigenvalue weighted by molar-refractivity contribution is -0.137. The van der Waals surface area contributed by atoms with Crippen molar-refractivity contribution in [3.05, 3.63) is 76.2 Å². The Morgan fingerprint density at radius 1 is 0.929 bits per heavy atom. The molecule has 1 N–H and O–H groups in total. The summed E-state index contributed by atoms with van der Waals surface area (Å²) in [4.78, 5) is 5.20. The Hall–Kier alpha value is -2.78. The smallest absolute Gasteiger partial charge is 0.330 e. The molecule has 0 spiro atoms. The van der Waals surface area contributed by atoms with E-state index in [0.717, 1.165) is 34.7 Å². The van der Waals surface area contributed by atoms with Crippen molar-refractivity contribution in [1.29, 1.82) is 0 Å². The largest absolute Gasteiger partial charge is 0.416 e. The van der Waals surface area contributed by atoms with Gasteiger partial charge in [0.2, 0.25) is 5.13 Å². The lowest BCUT2D eigenvalue weighted by Gasteiger charge is -2.07. The number of hydrogen-bond donors (Lipinski definition) is 1. The van der Waals surface area contributed by atoms with Gasteiger partial charge in [-0.05, 0) is 53.4 Å². The zero-order valence-electron chi connectivity index (χ0n) is 14.3. The van der Waals surface area contributed by atoms with Crippen LogP contribution in [0.3, 0.4) is 0 Å². The van der Waals surface area contributed by atoms with Gasteiger partial charge in [-0.25, -0.2) is 0 Å². The van der Waals surface area contributed by atoms with Gasteiger partial charge in [0.15, 0.2) is 5.01 Å². The van der Waals surface area contributed by atoms with E-state index < -0.39 is 11.7 Å². The van der Waals surface area contributed by atoms with E-state index in [1.165, 1.54) is 28.3 Å². The average molecular weight is 418 g/mol. The van der Waals surface area contributed by atoms with Crippen molar-refractivity contribution >= 4 is 33.5 Å². The molecule has 1 aromatic carbocycles. The normalized spacial score (nSPS) is 11.5. The molecule has 0 saturated carbocycles. The highest BCUT2D eigenvalue weighted by Crippen LogP contribution is 2.35. The van der Waals surface area contributed by atoms with Crippen molar-refractivity contribution in [1.82, 2.24) is 15.2 Å². The Kier molecular flexibility index (Phi) is 5.10. The maximum atomic E-state index is 12.7. The molecule has 0 fully saturated rings. The Bertz CT molecular complexity index is 1060. The molecule has 9 heteroatoms. The number of halogens is 3. The average Bonchev–Trinajstić information content (AvgIpc) is 3.31. The highest BCUT2D eigenvalue weighted by molar-refractivity contribution is 7.19. The molecule has 3 heterocycles. The van der Waals surface area contributed by atoms with Crippen molar-refractivity contribution in [2.45, 2.75) is 12.6 Å². The van der Waals surface area contributed by atoms with Crippen molar-refractivity contribution in [2.75, 3.05) is 5.32 Å². The quantitative estimate of drug-likeness (QED) is 0.431. The van der Waals surface area contributed by atoms with Crippen LogP contribution in [0.2, 0.25) is 0 Å². The van der Waals surface area contributed by atoms with Gasteiger partial charge in [0.1, 0.15) is 0 Å². The summed E-state index contributed by atoms with van der Waals surface area (Å²) in [5.74, 6) is 0. The first kappa shape index (κ1) is 18.6. The van der Waals surface area contributed by atoms with Gasteiger partial charge in [0.05, 0.1) is 5.56 Å². The number of rotatable bonds is 5. The zero-order chi connectivity index (χ0) is 19.6. The third kappa shape index (κ3) is 4.20. The number of nitrogens with zero attached hydrogens (tertiary/aromatic N) is 3. The first-order chi connectivity index (χ1) is 13.5. The van der Waals surface area contributed by atoms with Crippen molar-refractivity contribution in [2.24, 2.45) is 0 Å². The molecule has 28 heavy (non-hydrogen) atoms. The molecule has 0 saturated heterocycles. The van der Waals surface area contributed by atoms with E-state index in [-0.39, 0.29) is 0 Å². The minimum atomic E-state index is -4.35. The predicted molar refractivity (Wildman–Crippen MR) is 105 cm³/mol. The minimum absolute atomic E-state index is 0.524. The first-order valence-corrected chi connectivity index (χ1v) is 9.92. The van der Waals surface area contributed by atoms with Crippen molar-refractivity contribution < 1.29 is 13.2 Å². The topological polar surface area (TPSA) is 50.7 Å². The van der Waals surface area contributed by atoms with E-state index in [9.17, 15) is 13.2 Å². The van der Waals surface area contributed by atoms with Gasteiger partial charge in [-0.2, -0.15) is 13.2 Å². The second-order valence-corrected chi connectivity index (χ2v) is 7.88. The molecule has 0 amide bonds. The number of hydrogen-bond acceptors (Lipinski definition) is 6. The van der Waals surface area contributed by atoms with E-state index in [2.05, 4.69) is 20.5 Å². The highest BCUT2D eigenvalue weighted by Gasteiger charge is 2.29. The summed E-state index contributed by atoms with van der Waals surface area (Å²) in [7, 11) is 0. The number of pyridine rings is 1. The number of thiophene rings is 1. The second kappa shape index (κ2) is 7.69. The predicted octanol–water partition coefficient (Wildman–Crippen LogP) is 6.01. The van der Waals surface area contributed by atoms with Crippen LogP contribution in [0.5, 0.6) is 0 Å². The molecule has 0 atom stereocenters. The second-order valence-electron chi connectivity index (χ2n) is 5.90. The maximum absolute atomic E-state index is 12.7. The van der Waals surface area contributed by atoms with Crippen LogP contribution in [0.4, 0.5) is 24.0 Å². The van der Waals surface area contributed by atoms with Crippen LogP contribution in [0, 0.1) is 0 Å². The molecule has 4 rings (SSSR count). The first-order valence-electron chi connectivity index (χ1n) is 8.22. The van der Waals surface area contributed by atoms with Gasteiger partial charge in [0.25, 0.3) is 0 Å². The summed E-state index contributed by atoms with van der Waals surface area (Å²) in [6, 6.07) is 10.8. The molecule has 0 aliphatic carbocycles. The fraction of sp³-hybridized carbons (Fsp3) is 0.105. The summed E-state index contributed by atoms with van der Waals surface area (Å²) in [5.41, 5.74) is 2.01. The summed E-state index contributed by atoms with van der Waals surface area (Å²) in [5, 5.41) is 14.7. The highest BCUT2D eigenvalue weighted by atomic mass is 32.1. The molecule has 3 aromatic heterocycles. The summed E-state index contributed by atoms with van der Waals surface area (Å²) < 4.78 is 38.0. The standard InChI is InChI=1S/C19H13F3N4S2/c20-19(21,22)13-1-3-14(4-2-13)24-18-26-25-17(28-18)15-7-10-27-16(15)11-12-5-8-23-9-6-12/h1-10H,11H2,(H,24,26). The monoisotopic (exact) mass is 418 g/mol. The Balaban J connectivity index is 1.50. The minimum Gasteiger partial charge on any atom is -0.330 e. The van der Waals surface area contributed by atoms with Crippen molar-refractivity contribution in [3.63, 3.8) is 0 Å². The maximum Gasteiger partial charge on any atom is 0.416 e. The Morgan fingerprint density at radius 3 is 2.39 bits per heavy atom. The molecule has 0 radical (unpaired) electrons. The number of benzene rings is 1. The molecule has 0 aliphatic heterocycles. The lowest BCUT2D eigenvalue weighted by Crippen LogP contribution is -2.04. The Labute approximate surface area is 166 Å². The van der Waals surface area contributed by atoms with Crippen LogP contribution < -0.4 is 5.32 Å². The molecule has 0 aliphatic rings. The zero-order valence-corrected chi connectivity index (χ0v) is 15.9. The van der Waals surface area contributed by atoms with E-state index >= 15 is 0 Å². The summed E-state index contributed by atoms with van der Waals surface area (Å²) in [6.07, 6.45) is -0.0470. The van der Waals surface area contributed by atoms with Gasteiger partial charge in [-0.1, -0.05) is 11.3 Å². The summed E-state index contributed by atoms with van der Waals surface area (Å²) in [6.45, 7) is 0. The molecule has 4 nitrogen and oxygen atoms in total. The summed E-state index contributed by atoms with van der Waals surface area (Å²) >= 11 is 3.01. The van der Waals surface area contributed by atoms with Crippen LogP contribution in [-0.4, -0.2) is 15.2 Å². The van der Waals surface area contributed by atoms with E-state index in [1.807, 2.05) is 23.6 Å². The third-order valence-electron chi connectivity index (χ3n) is 3.98. The van der Waals surface area contributed by atoms with Gasteiger partial charge >= 0.3 is 6.18 Å². The fourth-order valence-corrected chi connectivity index (χ4v) is 4.39. The molecular weight excluding hydrogens is 405 g/mol. The fourth-order valence-electron chi connectivity index (χ4n) is 2.60. The van der Waals surface area contributed by atoms with Gasteiger partial charge in [0, 0.05) is 34.9 Å². The van der Waals surface area contributed by atoms with Crippen LogP contribution in [-0.2, 0) is 12.6 Å². The SMILES string of the molecule is FC(F)(F)c1ccc(Nc2nnc(-c3ccsc3Cc3ccncc3)s2)cc1. The molecule has 4 aromatic rings. The number of nitrogens with one attached hydrogen (secondary N) is 1. The van der Waals surface area contributed by atoms with Crippen LogP contribution >= 0.6 is 22.7 Å². The van der Waals surface area contributed by atoms with Crippen LogP contribution in [0.25, 0.3) is 10.6 Å². The van der Waals surface area contributed by atoms with Crippen molar-refractivity contribution in [3.8, 4) is 10.6 Å². The molecular formula is C19H13F3N4S2. The Morgan fingerprint density at radius 2 is 1.68 bits per heavy atom. The molecule has 142 valence electrons. The van der Waals surface area contributed by atoms with E-state index in [0.29, 0.717) is 10.8 Å².